The first-order valence-electron chi connectivity index (χ1n) is 8.05. The number of rotatable bonds is 6. The van der Waals surface area contributed by atoms with Crippen molar-refractivity contribution in [2.75, 3.05) is 18.4 Å². The van der Waals surface area contributed by atoms with E-state index in [1.807, 2.05) is 6.92 Å². The lowest BCUT2D eigenvalue weighted by molar-refractivity contribution is -0.120. The minimum Gasteiger partial charge on any atom is -0.352 e. The van der Waals surface area contributed by atoms with E-state index in [9.17, 15) is 9.59 Å². The second-order valence-electron chi connectivity index (χ2n) is 5.86. The molecule has 4 N–H and O–H groups in total. The predicted octanol–water partition coefficient (Wildman–Crippen LogP) is 2.14. The van der Waals surface area contributed by atoms with Crippen molar-refractivity contribution in [3.63, 3.8) is 0 Å². The van der Waals surface area contributed by atoms with Crippen molar-refractivity contribution >= 4 is 17.5 Å². The smallest absolute Gasteiger partial charge is 0.251 e. The molecule has 0 aromatic heterocycles. The predicted molar refractivity (Wildman–Crippen MR) is 87.6 cm³/mol. The molecule has 0 unspecified atom stereocenters. The van der Waals surface area contributed by atoms with Gasteiger partial charge in [0.25, 0.3) is 5.91 Å². The van der Waals surface area contributed by atoms with Gasteiger partial charge in [-0.2, -0.15) is 0 Å². The summed E-state index contributed by atoms with van der Waals surface area (Å²) in [5.74, 6) is 0.163. The fraction of sp³-hybridized carbons (Fsp3) is 0.529. The Bertz CT molecular complexity index is 530. The number of hydrogen-bond acceptors (Lipinski definition) is 3. The zero-order valence-corrected chi connectivity index (χ0v) is 13.1. The van der Waals surface area contributed by atoms with Crippen LogP contribution >= 0.6 is 0 Å². The van der Waals surface area contributed by atoms with Crippen LogP contribution in [0.5, 0.6) is 0 Å². The van der Waals surface area contributed by atoms with E-state index < -0.39 is 0 Å². The van der Waals surface area contributed by atoms with Crippen molar-refractivity contribution in [3.8, 4) is 0 Å². The first-order chi connectivity index (χ1) is 10.7. The maximum absolute atomic E-state index is 12.4. The third kappa shape index (κ3) is 4.07. The molecule has 0 bridgehead atoms. The third-order valence-electron chi connectivity index (χ3n) is 4.23. The van der Waals surface area contributed by atoms with E-state index in [1.165, 1.54) is 0 Å². The topological polar surface area (TPSA) is 84.2 Å². The van der Waals surface area contributed by atoms with Crippen LogP contribution < -0.4 is 16.4 Å². The summed E-state index contributed by atoms with van der Waals surface area (Å²) in [6.45, 7) is 3.21. The van der Waals surface area contributed by atoms with Crippen LogP contribution in [0, 0.1) is 11.8 Å². The van der Waals surface area contributed by atoms with Crippen LogP contribution in [-0.4, -0.2) is 24.9 Å². The summed E-state index contributed by atoms with van der Waals surface area (Å²) in [6.07, 6.45) is 3.86. The van der Waals surface area contributed by atoms with Crippen molar-refractivity contribution in [1.29, 1.82) is 0 Å². The molecule has 1 fully saturated rings. The minimum absolute atomic E-state index is 0.0115. The Labute approximate surface area is 131 Å². The Kier molecular flexibility index (Phi) is 5.95. The summed E-state index contributed by atoms with van der Waals surface area (Å²) >= 11 is 0. The Morgan fingerprint density at radius 1 is 1.32 bits per heavy atom. The number of carbonyl (C=O) groups is 2. The van der Waals surface area contributed by atoms with E-state index in [1.54, 1.807) is 24.3 Å². The maximum Gasteiger partial charge on any atom is 0.251 e. The number of hydrogen-bond donors (Lipinski definition) is 3. The molecule has 1 aromatic carbocycles. The first kappa shape index (κ1) is 16.5. The average molecular weight is 303 g/mol. The van der Waals surface area contributed by atoms with Crippen molar-refractivity contribution < 1.29 is 9.59 Å². The van der Waals surface area contributed by atoms with Crippen LogP contribution in [0.25, 0.3) is 0 Å². The van der Waals surface area contributed by atoms with Crippen LogP contribution in [-0.2, 0) is 4.79 Å². The third-order valence-corrected chi connectivity index (χ3v) is 4.23. The molecule has 0 saturated heterocycles. The Morgan fingerprint density at radius 3 is 2.86 bits per heavy atom. The SMILES string of the molecule is CCCNC(=O)c1cccc(NC(=O)[C@@H]2CCC[C@@H]2CN)c1. The van der Waals surface area contributed by atoms with E-state index in [2.05, 4.69) is 10.6 Å². The highest BCUT2D eigenvalue weighted by atomic mass is 16.2. The highest BCUT2D eigenvalue weighted by Crippen LogP contribution is 2.31. The van der Waals surface area contributed by atoms with Gasteiger partial charge in [-0.15, -0.1) is 0 Å². The van der Waals surface area contributed by atoms with Crippen LogP contribution in [0.1, 0.15) is 43.0 Å². The Morgan fingerprint density at radius 2 is 2.14 bits per heavy atom. The van der Waals surface area contributed by atoms with Gasteiger partial charge in [0.15, 0.2) is 0 Å². The standard InChI is InChI=1S/C17H25N3O2/c1-2-9-19-16(21)12-5-3-7-14(10-12)20-17(22)15-8-4-6-13(15)11-18/h3,5,7,10,13,15H,2,4,6,8-9,11,18H2,1H3,(H,19,21)(H,20,22)/t13-,15-/m1/s1. The molecule has 0 aliphatic heterocycles. The van der Waals surface area contributed by atoms with Gasteiger partial charge in [0, 0.05) is 23.7 Å². The lowest BCUT2D eigenvalue weighted by Crippen LogP contribution is -2.30. The molecule has 2 atom stereocenters. The van der Waals surface area contributed by atoms with Crippen molar-refractivity contribution in [2.24, 2.45) is 17.6 Å². The zero-order chi connectivity index (χ0) is 15.9. The van der Waals surface area contributed by atoms with E-state index in [-0.39, 0.29) is 23.7 Å². The average Bonchev–Trinajstić information content (AvgIpc) is 3.01. The normalized spacial score (nSPS) is 20.6. The highest BCUT2D eigenvalue weighted by Gasteiger charge is 2.31. The largest absolute Gasteiger partial charge is 0.352 e. The number of anilines is 1. The fourth-order valence-electron chi connectivity index (χ4n) is 2.98. The second kappa shape index (κ2) is 7.94. The van der Waals surface area contributed by atoms with Gasteiger partial charge >= 0.3 is 0 Å². The Balaban J connectivity index is 2.00. The number of benzene rings is 1. The van der Waals surface area contributed by atoms with Gasteiger partial charge in [0.1, 0.15) is 0 Å². The first-order valence-corrected chi connectivity index (χ1v) is 8.05. The molecule has 2 rings (SSSR count). The van der Waals surface area contributed by atoms with E-state index in [0.29, 0.717) is 24.3 Å². The fourth-order valence-corrected chi connectivity index (χ4v) is 2.98. The zero-order valence-electron chi connectivity index (χ0n) is 13.1. The van der Waals surface area contributed by atoms with Gasteiger partial charge in [0.2, 0.25) is 5.91 Å². The minimum atomic E-state index is -0.112. The molecular formula is C17H25N3O2. The van der Waals surface area contributed by atoms with Crippen LogP contribution in [0.15, 0.2) is 24.3 Å². The lowest BCUT2D eigenvalue weighted by atomic mass is 9.95. The van der Waals surface area contributed by atoms with Gasteiger partial charge < -0.3 is 16.4 Å². The van der Waals surface area contributed by atoms with Crippen LogP contribution in [0.3, 0.4) is 0 Å². The number of carbonyl (C=O) groups excluding carboxylic acids is 2. The number of amides is 2. The molecule has 0 radical (unpaired) electrons. The molecule has 0 spiro atoms. The molecule has 2 amide bonds. The molecule has 5 heteroatoms. The molecular weight excluding hydrogens is 278 g/mol. The van der Waals surface area contributed by atoms with Gasteiger partial charge in [-0.1, -0.05) is 19.4 Å². The van der Waals surface area contributed by atoms with Gasteiger partial charge in [0.05, 0.1) is 0 Å². The van der Waals surface area contributed by atoms with Crippen molar-refractivity contribution in [2.45, 2.75) is 32.6 Å². The van der Waals surface area contributed by atoms with Gasteiger partial charge in [-0.25, -0.2) is 0 Å². The summed E-state index contributed by atoms with van der Waals surface area (Å²) in [5, 5.41) is 5.76. The molecule has 1 saturated carbocycles. The van der Waals surface area contributed by atoms with E-state index in [0.717, 1.165) is 25.7 Å². The number of nitrogens with two attached hydrogens (primary N) is 1. The lowest BCUT2D eigenvalue weighted by Gasteiger charge is -2.17. The number of nitrogens with one attached hydrogen (secondary N) is 2. The van der Waals surface area contributed by atoms with Crippen molar-refractivity contribution in [1.82, 2.24) is 5.32 Å². The molecule has 22 heavy (non-hydrogen) atoms. The van der Waals surface area contributed by atoms with Gasteiger partial charge in [-0.05, 0) is 49.9 Å². The van der Waals surface area contributed by atoms with Crippen molar-refractivity contribution in [3.05, 3.63) is 29.8 Å². The van der Waals surface area contributed by atoms with E-state index in [4.69, 9.17) is 5.73 Å². The molecule has 1 aliphatic carbocycles. The molecule has 0 heterocycles. The van der Waals surface area contributed by atoms with Crippen LogP contribution in [0.2, 0.25) is 0 Å². The van der Waals surface area contributed by atoms with E-state index >= 15 is 0 Å². The molecule has 1 aliphatic rings. The molecule has 5 nitrogen and oxygen atoms in total. The second-order valence-corrected chi connectivity index (χ2v) is 5.86. The summed E-state index contributed by atoms with van der Waals surface area (Å²) in [7, 11) is 0. The molecule has 120 valence electrons. The Hall–Kier alpha value is -1.88. The highest BCUT2D eigenvalue weighted by molar-refractivity contribution is 5.97. The quantitative estimate of drug-likeness (QED) is 0.753. The summed E-state index contributed by atoms with van der Waals surface area (Å²) in [6, 6.07) is 7.06. The molecule has 1 aromatic rings. The van der Waals surface area contributed by atoms with Gasteiger partial charge in [-0.3, -0.25) is 9.59 Å². The summed E-state index contributed by atoms with van der Waals surface area (Å²) in [4.78, 5) is 24.3. The maximum atomic E-state index is 12.4. The monoisotopic (exact) mass is 303 g/mol. The summed E-state index contributed by atoms with van der Waals surface area (Å²) < 4.78 is 0. The summed E-state index contributed by atoms with van der Waals surface area (Å²) in [5.41, 5.74) is 6.96. The van der Waals surface area contributed by atoms with Crippen LogP contribution in [0.4, 0.5) is 5.69 Å².